The largest absolute Gasteiger partial charge is 0.444 e. The van der Waals surface area contributed by atoms with Crippen LogP contribution in [0.25, 0.3) is 0 Å². The van der Waals surface area contributed by atoms with E-state index in [2.05, 4.69) is 10.2 Å². The summed E-state index contributed by atoms with van der Waals surface area (Å²) in [6.45, 7) is 12.2. The van der Waals surface area contributed by atoms with Gasteiger partial charge >= 0.3 is 6.09 Å². The minimum Gasteiger partial charge on any atom is -0.444 e. The molecule has 228 valence electrons. The zero-order valence-corrected chi connectivity index (χ0v) is 25.4. The maximum absolute atomic E-state index is 13.3. The minimum absolute atomic E-state index is 0.0648. The Morgan fingerprint density at radius 2 is 1.71 bits per heavy atom. The maximum atomic E-state index is 13.3. The molecule has 0 unspecified atom stereocenters. The van der Waals surface area contributed by atoms with Crippen molar-refractivity contribution in [2.45, 2.75) is 45.6 Å². The van der Waals surface area contributed by atoms with Gasteiger partial charge in [0.15, 0.2) is 11.8 Å². The predicted molar refractivity (Wildman–Crippen MR) is 159 cm³/mol. The third kappa shape index (κ3) is 8.37. The molecule has 3 heterocycles. The molecule has 1 N–H and O–H groups in total. The van der Waals surface area contributed by atoms with Crippen molar-refractivity contribution in [1.82, 2.24) is 20.0 Å². The monoisotopic (exact) mass is 601 g/mol. The van der Waals surface area contributed by atoms with Gasteiger partial charge in [0.05, 0.1) is 17.3 Å². The van der Waals surface area contributed by atoms with Gasteiger partial charge in [-0.15, -0.1) is 0 Å². The molecule has 0 saturated carbocycles. The number of nitrogens with one attached hydrogen (secondary N) is 1. The number of carbonyl (C=O) groups excluding carboxylic acids is 4. The van der Waals surface area contributed by atoms with E-state index in [0.29, 0.717) is 74.5 Å². The summed E-state index contributed by atoms with van der Waals surface area (Å²) in [5.74, 6) is 3.95. The van der Waals surface area contributed by atoms with Crippen LogP contribution in [0, 0.1) is 5.92 Å². The van der Waals surface area contributed by atoms with E-state index in [0.717, 1.165) is 32.5 Å². The summed E-state index contributed by atoms with van der Waals surface area (Å²) >= 11 is 6.42. The van der Waals surface area contributed by atoms with E-state index in [1.54, 1.807) is 33.9 Å². The van der Waals surface area contributed by atoms with Crippen LogP contribution in [0.4, 0.5) is 10.5 Å². The average Bonchev–Trinajstić information content (AvgIpc) is 2.98. The first-order chi connectivity index (χ1) is 20.1. The van der Waals surface area contributed by atoms with Crippen molar-refractivity contribution in [2.24, 2.45) is 5.92 Å². The molecule has 42 heavy (non-hydrogen) atoms. The minimum atomic E-state index is -0.488. The molecule has 3 fully saturated rings. The molecular weight excluding hydrogens is 562 g/mol. The fraction of sp³-hybridized carbons (Fsp3) is 0.600. The van der Waals surface area contributed by atoms with Crippen molar-refractivity contribution in [1.29, 1.82) is 0 Å². The first-order valence-corrected chi connectivity index (χ1v) is 14.9. The van der Waals surface area contributed by atoms with Gasteiger partial charge in [-0.1, -0.05) is 11.6 Å². The van der Waals surface area contributed by atoms with Gasteiger partial charge in [0.25, 0.3) is 5.91 Å². The highest BCUT2D eigenvalue weighted by molar-refractivity contribution is 6.33. The van der Waals surface area contributed by atoms with Gasteiger partial charge in [-0.3, -0.25) is 9.69 Å². The molecule has 12 heteroatoms. The average molecular weight is 602 g/mol. The molecule has 0 spiro atoms. The number of benzene rings is 1. The first kappa shape index (κ1) is 31.6. The van der Waals surface area contributed by atoms with Crippen molar-refractivity contribution >= 4 is 41.2 Å². The molecule has 0 aromatic heterocycles. The highest BCUT2D eigenvalue weighted by Crippen LogP contribution is 2.32. The van der Waals surface area contributed by atoms with Gasteiger partial charge in [0.2, 0.25) is 0 Å². The second kappa shape index (κ2) is 14.2. The van der Waals surface area contributed by atoms with Gasteiger partial charge in [0, 0.05) is 70.9 Å². The Morgan fingerprint density at radius 3 is 2.36 bits per heavy atom. The Morgan fingerprint density at radius 1 is 1.00 bits per heavy atom. The fourth-order valence-electron chi connectivity index (χ4n) is 5.27. The van der Waals surface area contributed by atoms with E-state index in [1.165, 1.54) is 0 Å². The van der Waals surface area contributed by atoms with Crippen molar-refractivity contribution in [2.75, 3.05) is 70.5 Å². The summed E-state index contributed by atoms with van der Waals surface area (Å²) in [5, 5.41) is 3.11. The molecule has 0 atom stereocenters. The van der Waals surface area contributed by atoms with E-state index in [4.69, 9.17) is 21.1 Å². The van der Waals surface area contributed by atoms with Crippen molar-refractivity contribution in [3.63, 3.8) is 0 Å². The molecular formula is C30H40ClN5O6. The Balaban J connectivity index is 1.18. The van der Waals surface area contributed by atoms with E-state index >= 15 is 0 Å². The van der Waals surface area contributed by atoms with Gasteiger partial charge in [-0.2, -0.15) is 0 Å². The molecule has 0 aliphatic carbocycles. The molecule has 11 nitrogen and oxygen atoms in total. The molecule has 0 radical (unpaired) electrons. The number of likely N-dealkylation sites (tertiary alicyclic amines) is 1. The number of hydrogen-bond acceptors (Lipinski definition) is 9. The van der Waals surface area contributed by atoms with Crippen molar-refractivity contribution in [3.05, 3.63) is 40.3 Å². The van der Waals surface area contributed by atoms with E-state index < -0.39 is 5.60 Å². The van der Waals surface area contributed by atoms with Crippen LogP contribution in [0.5, 0.6) is 0 Å². The van der Waals surface area contributed by atoms with Gasteiger partial charge in [-0.25, -0.2) is 14.4 Å². The molecule has 4 rings (SSSR count). The number of rotatable bonds is 7. The summed E-state index contributed by atoms with van der Waals surface area (Å²) in [6, 6.07) is 5.02. The Bertz CT molecular complexity index is 1240. The topological polar surface area (TPSA) is 112 Å². The van der Waals surface area contributed by atoms with Crippen LogP contribution >= 0.6 is 11.6 Å². The lowest BCUT2D eigenvalue weighted by Gasteiger charge is -2.35. The van der Waals surface area contributed by atoms with Crippen LogP contribution in [0.2, 0.25) is 5.02 Å². The number of nitrogens with zero attached hydrogens (tertiary/aromatic N) is 4. The Labute approximate surface area is 252 Å². The van der Waals surface area contributed by atoms with E-state index in [9.17, 15) is 19.2 Å². The standard InChI is InChI=1S/C30H40ClN5O6/c1-30(2,3)42-29(40)35-14-12-33(13-15-35)16-17-41-21-22-6-9-34(10-7-22)28(39)23-4-5-25(31)26(18-23)36-11-8-24(19-37)32-27(36)20-38/h4-5,18,22,32H,6-17,21H2,1-3H3. The highest BCUT2D eigenvalue weighted by Gasteiger charge is 2.28. The van der Waals surface area contributed by atoms with Crippen LogP contribution in [0.3, 0.4) is 0 Å². The number of piperazine rings is 1. The summed E-state index contributed by atoms with van der Waals surface area (Å²) in [7, 11) is 0. The number of halogens is 1. The SMILES string of the molecule is CC(C)(C)OC(=O)N1CCN(CCOCC2CCN(C(=O)c3ccc(Cl)c(N4CCC(=C=O)NC4=C=O)c3)CC2)CC1. The van der Waals surface area contributed by atoms with Crippen LogP contribution in [0.1, 0.15) is 50.4 Å². The summed E-state index contributed by atoms with van der Waals surface area (Å²) < 4.78 is 11.5. The number of hydrogen-bond donors (Lipinski definition) is 1. The Hall–Kier alpha value is -3.33. The zero-order chi connectivity index (χ0) is 30.3. The second-order valence-corrected chi connectivity index (χ2v) is 12.3. The summed E-state index contributed by atoms with van der Waals surface area (Å²) in [4.78, 5) is 55.6. The molecule has 3 saturated heterocycles. The fourth-order valence-corrected chi connectivity index (χ4v) is 5.49. The number of carbonyl (C=O) groups is 2. The summed E-state index contributed by atoms with van der Waals surface area (Å²) in [6.07, 6.45) is 1.82. The van der Waals surface area contributed by atoms with Crippen LogP contribution < -0.4 is 10.2 Å². The van der Waals surface area contributed by atoms with Gasteiger partial charge in [0.1, 0.15) is 17.2 Å². The first-order valence-electron chi connectivity index (χ1n) is 14.5. The third-order valence-electron chi connectivity index (χ3n) is 7.66. The van der Waals surface area contributed by atoms with Gasteiger partial charge < -0.3 is 29.5 Å². The molecule has 3 aliphatic rings. The maximum Gasteiger partial charge on any atom is 0.410 e. The lowest BCUT2D eigenvalue weighted by Crippen LogP contribution is -2.50. The zero-order valence-electron chi connectivity index (χ0n) is 24.6. The van der Waals surface area contributed by atoms with E-state index in [1.807, 2.05) is 31.6 Å². The Kier molecular flexibility index (Phi) is 10.7. The van der Waals surface area contributed by atoms with Crippen LogP contribution in [-0.4, -0.2) is 110 Å². The second-order valence-electron chi connectivity index (χ2n) is 11.8. The lowest BCUT2D eigenvalue weighted by molar-refractivity contribution is 0.00916. The number of anilines is 1. The molecule has 2 amide bonds. The van der Waals surface area contributed by atoms with E-state index in [-0.39, 0.29) is 23.5 Å². The smallest absolute Gasteiger partial charge is 0.410 e. The van der Waals surface area contributed by atoms with Crippen LogP contribution in [-0.2, 0) is 19.1 Å². The summed E-state index contributed by atoms with van der Waals surface area (Å²) in [5.41, 5.74) is 0.779. The highest BCUT2D eigenvalue weighted by atomic mass is 35.5. The predicted octanol–water partition coefficient (Wildman–Crippen LogP) is 2.95. The molecule has 0 bridgehead atoms. The van der Waals surface area contributed by atoms with Crippen molar-refractivity contribution < 1.29 is 28.7 Å². The normalized spacial score (nSPS) is 18.8. The van der Waals surface area contributed by atoms with Gasteiger partial charge in [-0.05, 0) is 57.7 Å². The number of ether oxygens (including phenoxy) is 2. The molecule has 1 aromatic carbocycles. The van der Waals surface area contributed by atoms with Crippen molar-refractivity contribution in [3.8, 4) is 0 Å². The number of piperidine rings is 1. The lowest BCUT2D eigenvalue weighted by atomic mass is 9.97. The quantitative estimate of drug-likeness (QED) is 0.372. The number of amides is 2. The molecule has 3 aliphatic heterocycles. The van der Waals surface area contributed by atoms with Crippen LogP contribution in [0.15, 0.2) is 29.7 Å². The molecule has 1 aromatic rings. The third-order valence-corrected chi connectivity index (χ3v) is 7.98.